The maximum Gasteiger partial charge on any atom is 0.305 e. The third kappa shape index (κ3) is 9.59. The van der Waals surface area contributed by atoms with Crippen molar-refractivity contribution in [1.29, 1.82) is 0 Å². The molecular weight excluding hydrogens is 326 g/mol. The number of hydrogen-bond acceptors (Lipinski definition) is 3. The molecule has 0 aliphatic carbocycles. The molecule has 0 radical (unpaired) electrons. The Kier molecular flexibility index (Phi) is 12.2. The van der Waals surface area contributed by atoms with Crippen LogP contribution in [0.25, 0.3) is 0 Å². The summed E-state index contributed by atoms with van der Waals surface area (Å²) in [6.07, 6.45) is 9.41. The van der Waals surface area contributed by atoms with Gasteiger partial charge >= 0.3 is 5.97 Å². The van der Waals surface area contributed by atoms with E-state index in [9.17, 15) is 9.59 Å². The summed E-state index contributed by atoms with van der Waals surface area (Å²) in [7, 11) is 0. The van der Waals surface area contributed by atoms with E-state index in [-0.39, 0.29) is 11.9 Å². The second kappa shape index (κ2) is 14.3. The number of anilines is 1. The van der Waals surface area contributed by atoms with E-state index < -0.39 is 0 Å². The molecule has 1 amide bonds. The molecule has 0 saturated carbocycles. The van der Waals surface area contributed by atoms with Crippen molar-refractivity contribution >= 4 is 17.6 Å². The lowest BCUT2D eigenvalue weighted by molar-refractivity contribution is -0.144. The number of para-hydroxylation sites is 1. The fraction of sp³-hybridized carbons (Fsp3) is 0.636. The Bertz CT molecular complexity index is 501. The molecule has 0 unspecified atom stereocenters. The molecule has 0 N–H and O–H groups in total. The summed E-state index contributed by atoms with van der Waals surface area (Å²) in [4.78, 5) is 25.9. The van der Waals surface area contributed by atoms with Crippen LogP contribution in [0.15, 0.2) is 30.3 Å². The van der Waals surface area contributed by atoms with Crippen molar-refractivity contribution in [2.75, 3.05) is 18.1 Å². The van der Waals surface area contributed by atoms with Gasteiger partial charge in [0.1, 0.15) is 0 Å². The van der Waals surface area contributed by atoms with E-state index in [2.05, 4.69) is 6.92 Å². The summed E-state index contributed by atoms with van der Waals surface area (Å²) in [6.45, 7) is 5.37. The Labute approximate surface area is 158 Å². The van der Waals surface area contributed by atoms with Crippen LogP contribution in [-0.4, -0.2) is 25.0 Å². The van der Waals surface area contributed by atoms with Gasteiger partial charge in [-0.25, -0.2) is 0 Å². The van der Waals surface area contributed by atoms with Crippen molar-refractivity contribution in [3.05, 3.63) is 30.3 Å². The smallest absolute Gasteiger partial charge is 0.305 e. The molecule has 0 saturated heterocycles. The number of carbonyl (C=O) groups excluding carboxylic acids is 2. The van der Waals surface area contributed by atoms with Crippen LogP contribution in [0.4, 0.5) is 5.69 Å². The Morgan fingerprint density at radius 1 is 0.846 bits per heavy atom. The van der Waals surface area contributed by atoms with Crippen molar-refractivity contribution < 1.29 is 14.3 Å². The van der Waals surface area contributed by atoms with Gasteiger partial charge in [0.15, 0.2) is 0 Å². The predicted molar refractivity (Wildman–Crippen MR) is 107 cm³/mol. The maximum absolute atomic E-state index is 12.3. The third-order valence-electron chi connectivity index (χ3n) is 4.47. The fourth-order valence-corrected chi connectivity index (χ4v) is 2.93. The minimum atomic E-state index is -0.138. The lowest BCUT2D eigenvalue weighted by Crippen LogP contribution is -2.30. The molecule has 0 spiro atoms. The monoisotopic (exact) mass is 361 g/mol. The Hall–Kier alpha value is -1.84. The average molecular weight is 362 g/mol. The maximum atomic E-state index is 12.3. The van der Waals surface area contributed by atoms with Crippen LogP contribution in [0, 0.1) is 0 Å². The van der Waals surface area contributed by atoms with Crippen LogP contribution in [0.3, 0.4) is 0 Å². The number of esters is 1. The Morgan fingerprint density at radius 3 is 2.19 bits per heavy atom. The van der Waals surface area contributed by atoms with Crippen LogP contribution < -0.4 is 4.90 Å². The predicted octanol–water partition coefficient (Wildman–Crippen LogP) is 5.50. The van der Waals surface area contributed by atoms with Gasteiger partial charge in [-0.05, 0) is 38.3 Å². The number of unbranched alkanes of at least 4 members (excludes halogenated alkanes) is 6. The van der Waals surface area contributed by atoms with Crippen molar-refractivity contribution in [3.8, 4) is 0 Å². The van der Waals surface area contributed by atoms with Gasteiger partial charge in [-0.15, -0.1) is 0 Å². The van der Waals surface area contributed by atoms with Gasteiger partial charge in [0.05, 0.1) is 6.61 Å². The van der Waals surface area contributed by atoms with Gasteiger partial charge in [0, 0.05) is 25.1 Å². The van der Waals surface area contributed by atoms with Crippen LogP contribution in [0.5, 0.6) is 0 Å². The summed E-state index contributed by atoms with van der Waals surface area (Å²) in [6, 6.07) is 9.71. The summed E-state index contributed by atoms with van der Waals surface area (Å²) >= 11 is 0. The van der Waals surface area contributed by atoms with E-state index in [0.717, 1.165) is 18.5 Å². The molecule has 1 aromatic carbocycles. The topological polar surface area (TPSA) is 46.6 Å². The zero-order valence-corrected chi connectivity index (χ0v) is 16.5. The summed E-state index contributed by atoms with van der Waals surface area (Å²) in [5.41, 5.74) is 0.929. The zero-order valence-electron chi connectivity index (χ0n) is 16.5. The van der Waals surface area contributed by atoms with E-state index in [1.54, 1.807) is 4.90 Å². The Balaban J connectivity index is 2.09. The molecule has 0 heterocycles. The highest BCUT2D eigenvalue weighted by Crippen LogP contribution is 2.15. The van der Waals surface area contributed by atoms with Crippen LogP contribution in [0.2, 0.25) is 0 Å². The quantitative estimate of drug-likeness (QED) is 0.324. The molecule has 1 aromatic rings. The number of nitrogens with zero attached hydrogens (tertiary/aromatic N) is 1. The lowest BCUT2D eigenvalue weighted by atomic mass is 10.1. The third-order valence-corrected chi connectivity index (χ3v) is 4.47. The molecule has 0 bridgehead atoms. The highest BCUT2D eigenvalue weighted by Gasteiger charge is 2.13. The average Bonchev–Trinajstić information content (AvgIpc) is 2.66. The molecular formula is C22H35NO3. The molecule has 4 heteroatoms. The molecule has 1 rings (SSSR count). The normalized spacial score (nSPS) is 10.5. The first-order valence-electron chi connectivity index (χ1n) is 10.2. The van der Waals surface area contributed by atoms with Gasteiger partial charge in [-0.1, -0.05) is 57.2 Å². The van der Waals surface area contributed by atoms with Crippen molar-refractivity contribution in [2.45, 2.75) is 78.1 Å². The number of ether oxygens (including phenoxy) is 1. The molecule has 26 heavy (non-hydrogen) atoms. The van der Waals surface area contributed by atoms with Gasteiger partial charge in [-0.3, -0.25) is 9.59 Å². The SMILES string of the molecule is CCCCCCCCOC(=O)CCCCC(=O)N(CC)c1ccccc1. The number of benzene rings is 1. The highest BCUT2D eigenvalue weighted by atomic mass is 16.5. The largest absolute Gasteiger partial charge is 0.466 e. The minimum absolute atomic E-state index is 0.110. The summed E-state index contributed by atoms with van der Waals surface area (Å²) in [5.74, 6) is -0.0273. The van der Waals surface area contributed by atoms with Crippen LogP contribution >= 0.6 is 0 Å². The minimum Gasteiger partial charge on any atom is -0.466 e. The first-order chi connectivity index (χ1) is 12.7. The number of hydrogen-bond donors (Lipinski definition) is 0. The standard InChI is InChI=1S/C22H35NO3/c1-3-5-6-7-8-14-19-26-22(25)18-13-12-17-21(24)23(4-2)20-15-10-9-11-16-20/h9-11,15-16H,3-8,12-14,17-19H2,1-2H3. The van der Waals surface area contributed by atoms with Crippen molar-refractivity contribution in [1.82, 2.24) is 0 Å². The zero-order chi connectivity index (χ0) is 19.0. The van der Waals surface area contributed by atoms with E-state index in [1.165, 1.54) is 25.7 Å². The fourth-order valence-electron chi connectivity index (χ4n) is 2.93. The van der Waals surface area contributed by atoms with E-state index in [1.807, 2.05) is 37.3 Å². The molecule has 146 valence electrons. The van der Waals surface area contributed by atoms with Crippen LogP contribution in [0.1, 0.15) is 78.1 Å². The van der Waals surface area contributed by atoms with E-state index in [0.29, 0.717) is 38.8 Å². The first kappa shape index (κ1) is 22.2. The molecule has 0 aliphatic heterocycles. The first-order valence-corrected chi connectivity index (χ1v) is 10.2. The Morgan fingerprint density at radius 2 is 1.50 bits per heavy atom. The number of carbonyl (C=O) groups is 2. The number of amides is 1. The van der Waals surface area contributed by atoms with Gasteiger partial charge in [0.2, 0.25) is 5.91 Å². The highest BCUT2D eigenvalue weighted by molar-refractivity contribution is 5.93. The number of rotatable bonds is 14. The van der Waals surface area contributed by atoms with Gasteiger partial charge in [-0.2, -0.15) is 0 Å². The molecule has 0 aromatic heterocycles. The van der Waals surface area contributed by atoms with Crippen LogP contribution in [-0.2, 0) is 14.3 Å². The lowest BCUT2D eigenvalue weighted by Gasteiger charge is -2.20. The van der Waals surface area contributed by atoms with E-state index >= 15 is 0 Å². The molecule has 0 atom stereocenters. The van der Waals surface area contributed by atoms with Crippen molar-refractivity contribution in [3.63, 3.8) is 0 Å². The van der Waals surface area contributed by atoms with E-state index in [4.69, 9.17) is 4.74 Å². The van der Waals surface area contributed by atoms with Gasteiger partial charge < -0.3 is 9.64 Å². The summed E-state index contributed by atoms with van der Waals surface area (Å²) < 4.78 is 5.26. The van der Waals surface area contributed by atoms with Gasteiger partial charge in [0.25, 0.3) is 0 Å². The van der Waals surface area contributed by atoms with Crippen molar-refractivity contribution in [2.24, 2.45) is 0 Å². The second-order valence-electron chi connectivity index (χ2n) is 6.67. The molecule has 0 aliphatic rings. The summed E-state index contributed by atoms with van der Waals surface area (Å²) in [5, 5.41) is 0. The second-order valence-corrected chi connectivity index (χ2v) is 6.67. The molecule has 0 fully saturated rings. The molecule has 4 nitrogen and oxygen atoms in total.